The fourth-order valence-corrected chi connectivity index (χ4v) is 2.95. The Bertz CT molecular complexity index is 697. The number of hydrogen-bond acceptors (Lipinski definition) is 4. The third-order valence-corrected chi connectivity index (χ3v) is 4.36. The largest absolute Gasteiger partial charge is 0.497 e. The van der Waals surface area contributed by atoms with Gasteiger partial charge in [-0.3, -0.25) is 4.90 Å². The van der Waals surface area contributed by atoms with Crippen LogP contribution in [-0.4, -0.2) is 44.0 Å². The SMILES string of the molecule is COc1ccc2cc(/C(C)=N/OCCN3CCCC3)ccc2c1.Cl. The van der Waals surface area contributed by atoms with E-state index in [0.717, 1.165) is 29.0 Å². The maximum Gasteiger partial charge on any atom is 0.129 e. The molecule has 0 saturated carbocycles. The molecule has 2 aromatic rings. The van der Waals surface area contributed by atoms with Crippen molar-refractivity contribution in [2.45, 2.75) is 19.8 Å². The number of oxime groups is 1. The van der Waals surface area contributed by atoms with Crippen LogP contribution in [-0.2, 0) is 4.84 Å². The van der Waals surface area contributed by atoms with Crippen LogP contribution in [0.3, 0.4) is 0 Å². The molecule has 0 amide bonds. The molecule has 4 nitrogen and oxygen atoms in total. The van der Waals surface area contributed by atoms with Crippen molar-refractivity contribution in [3.8, 4) is 5.75 Å². The fraction of sp³-hybridized carbons (Fsp3) is 0.421. The fourth-order valence-electron chi connectivity index (χ4n) is 2.95. The molecule has 0 unspecified atom stereocenters. The van der Waals surface area contributed by atoms with Crippen LogP contribution >= 0.6 is 12.4 Å². The molecule has 0 aliphatic carbocycles. The number of benzene rings is 2. The Hall–Kier alpha value is -1.78. The highest BCUT2D eigenvalue weighted by Gasteiger charge is 2.10. The van der Waals surface area contributed by atoms with Gasteiger partial charge in [0, 0.05) is 6.54 Å². The third kappa shape index (κ3) is 4.62. The number of methoxy groups -OCH3 is 1. The minimum Gasteiger partial charge on any atom is -0.497 e. The first kappa shape index (κ1) is 18.6. The second kappa shape index (κ2) is 8.90. The van der Waals surface area contributed by atoms with Crippen LogP contribution < -0.4 is 4.74 Å². The molecule has 0 aromatic heterocycles. The highest BCUT2D eigenvalue weighted by Crippen LogP contribution is 2.22. The Kier molecular flexibility index (Phi) is 6.88. The molecular formula is C19H25ClN2O2. The molecule has 0 radical (unpaired) electrons. The summed E-state index contributed by atoms with van der Waals surface area (Å²) in [6.45, 7) is 6.00. The van der Waals surface area contributed by atoms with Crippen LogP contribution in [0, 0.1) is 0 Å². The number of hydrogen-bond donors (Lipinski definition) is 0. The quantitative estimate of drug-likeness (QED) is 0.447. The highest BCUT2D eigenvalue weighted by molar-refractivity contribution is 6.01. The maximum atomic E-state index is 5.49. The molecule has 1 saturated heterocycles. The molecule has 0 N–H and O–H groups in total. The topological polar surface area (TPSA) is 34.1 Å². The summed E-state index contributed by atoms with van der Waals surface area (Å²) >= 11 is 0. The van der Waals surface area contributed by atoms with Gasteiger partial charge in [-0.05, 0) is 67.4 Å². The van der Waals surface area contributed by atoms with E-state index < -0.39 is 0 Å². The molecule has 1 aliphatic heterocycles. The van der Waals surface area contributed by atoms with Crippen LogP contribution in [0.2, 0.25) is 0 Å². The second-order valence-corrected chi connectivity index (χ2v) is 5.99. The van der Waals surface area contributed by atoms with Crippen molar-refractivity contribution in [1.29, 1.82) is 0 Å². The molecular weight excluding hydrogens is 324 g/mol. The molecule has 1 heterocycles. The van der Waals surface area contributed by atoms with Gasteiger partial charge in [0.2, 0.25) is 0 Å². The third-order valence-electron chi connectivity index (χ3n) is 4.36. The molecule has 0 bridgehead atoms. The first-order chi connectivity index (χ1) is 11.3. The summed E-state index contributed by atoms with van der Waals surface area (Å²) in [6.07, 6.45) is 2.62. The van der Waals surface area contributed by atoms with Crippen molar-refractivity contribution >= 4 is 28.9 Å². The molecule has 5 heteroatoms. The van der Waals surface area contributed by atoms with Gasteiger partial charge in [0.1, 0.15) is 12.4 Å². The smallest absolute Gasteiger partial charge is 0.129 e. The van der Waals surface area contributed by atoms with Crippen molar-refractivity contribution in [3.63, 3.8) is 0 Å². The number of fused-ring (bicyclic) bond motifs is 1. The van der Waals surface area contributed by atoms with Gasteiger partial charge >= 0.3 is 0 Å². The molecule has 3 rings (SSSR count). The van der Waals surface area contributed by atoms with E-state index in [-0.39, 0.29) is 12.4 Å². The minimum atomic E-state index is 0. The zero-order chi connectivity index (χ0) is 16.1. The van der Waals surface area contributed by atoms with E-state index in [1.54, 1.807) is 7.11 Å². The Morgan fingerprint density at radius 2 is 1.79 bits per heavy atom. The summed E-state index contributed by atoms with van der Waals surface area (Å²) in [5.41, 5.74) is 1.99. The van der Waals surface area contributed by atoms with E-state index in [9.17, 15) is 0 Å². The monoisotopic (exact) mass is 348 g/mol. The van der Waals surface area contributed by atoms with Crippen molar-refractivity contribution in [1.82, 2.24) is 4.90 Å². The molecule has 0 spiro atoms. The van der Waals surface area contributed by atoms with E-state index in [2.05, 4.69) is 34.3 Å². The van der Waals surface area contributed by atoms with Gasteiger partial charge in [0.25, 0.3) is 0 Å². The average Bonchev–Trinajstić information content (AvgIpc) is 3.11. The van der Waals surface area contributed by atoms with E-state index in [1.807, 2.05) is 19.1 Å². The van der Waals surface area contributed by atoms with Crippen molar-refractivity contribution < 1.29 is 9.57 Å². The molecule has 1 aliphatic rings. The number of rotatable bonds is 6. The Morgan fingerprint density at radius 1 is 1.08 bits per heavy atom. The molecule has 2 aromatic carbocycles. The number of likely N-dealkylation sites (tertiary alicyclic amines) is 1. The van der Waals surface area contributed by atoms with Crippen LogP contribution in [0.1, 0.15) is 25.3 Å². The van der Waals surface area contributed by atoms with Gasteiger partial charge in [0.15, 0.2) is 0 Å². The summed E-state index contributed by atoms with van der Waals surface area (Å²) in [5.74, 6) is 0.876. The minimum absolute atomic E-state index is 0. The van der Waals surface area contributed by atoms with Crippen LogP contribution in [0.4, 0.5) is 0 Å². The zero-order valence-corrected chi connectivity index (χ0v) is 15.1. The van der Waals surface area contributed by atoms with Crippen LogP contribution in [0.15, 0.2) is 41.6 Å². The number of ether oxygens (including phenoxy) is 1. The Balaban J connectivity index is 0.00000208. The first-order valence-electron chi connectivity index (χ1n) is 8.23. The van der Waals surface area contributed by atoms with Crippen molar-refractivity contribution in [2.75, 3.05) is 33.4 Å². The number of halogens is 1. The number of nitrogens with zero attached hydrogens (tertiary/aromatic N) is 2. The maximum absolute atomic E-state index is 5.49. The van der Waals surface area contributed by atoms with E-state index >= 15 is 0 Å². The summed E-state index contributed by atoms with van der Waals surface area (Å²) in [6, 6.07) is 12.4. The van der Waals surface area contributed by atoms with Gasteiger partial charge in [-0.15, -0.1) is 12.4 Å². The Morgan fingerprint density at radius 3 is 2.54 bits per heavy atom. The van der Waals surface area contributed by atoms with Crippen molar-refractivity contribution in [3.05, 3.63) is 42.0 Å². The lowest BCUT2D eigenvalue weighted by Gasteiger charge is -2.13. The summed E-state index contributed by atoms with van der Waals surface area (Å²) in [4.78, 5) is 7.91. The molecule has 1 fully saturated rings. The van der Waals surface area contributed by atoms with Gasteiger partial charge in [-0.2, -0.15) is 0 Å². The van der Waals surface area contributed by atoms with E-state index in [0.29, 0.717) is 6.61 Å². The lowest BCUT2D eigenvalue weighted by molar-refractivity contribution is 0.119. The predicted molar refractivity (Wildman–Crippen MR) is 102 cm³/mol. The lowest BCUT2D eigenvalue weighted by atomic mass is 10.0. The molecule has 0 atom stereocenters. The van der Waals surface area contributed by atoms with Gasteiger partial charge < -0.3 is 9.57 Å². The summed E-state index contributed by atoms with van der Waals surface area (Å²) in [5, 5.41) is 6.60. The molecule has 24 heavy (non-hydrogen) atoms. The predicted octanol–water partition coefficient (Wildman–Crippen LogP) is 4.11. The summed E-state index contributed by atoms with van der Waals surface area (Å²) < 4.78 is 5.26. The van der Waals surface area contributed by atoms with E-state index in [4.69, 9.17) is 9.57 Å². The Labute approximate surface area is 149 Å². The van der Waals surface area contributed by atoms with Gasteiger partial charge in [-0.25, -0.2) is 0 Å². The van der Waals surface area contributed by atoms with Gasteiger partial charge in [-0.1, -0.05) is 23.4 Å². The van der Waals surface area contributed by atoms with Gasteiger partial charge in [0.05, 0.1) is 12.8 Å². The highest BCUT2D eigenvalue weighted by atomic mass is 35.5. The summed E-state index contributed by atoms with van der Waals surface area (Å²) in [7, 11) is 1.69. The zero-order valence-electron chi connectivity index (χ0n) is 14.3. The average molecular weight is 349 g/mol. The standard InChI is InChI=1S/C19H24N2O2.ClH/c1-15(20-23-12-11-21-9-3-4-10-21)16-5-6-18-14-19(22-2)8-7-17(18)13-16;/h5-8,13-14H,3-4,9-12H2,1-2H3;1H/b20-15+;. The van der Waals surface area contributed by atoms with E-state index in [1.165, 1.54) is 31.3 Å². The normalized spacial score (nSPS) is 15.3. The van der Waals surface area contributed by atoms with Crippen LogP contribution in [0.25, 0.3) is 10.8 Å². The van der Waals surface area contributed by atoms with Crippen molar-refractivity contribution in [2.24, 2.45) is 5.16 Å². The second-order valence-electron chi connectivity index (χ2n) is 5.99. The van der Waals surface area contributed by atoms with Crippen LogP contribution in [0.5, 0.6) is 5.75 Å². The molecule has 130 valence electrons. The first-order valence-corrected chi connectivity index (χ1v) is 8.23. The lowest BCUT2D eigenvalue weighted by Crippen LogP contribution is -2.23.